The summed E-state index contributed by atoms with van der Waals surface area (Å²) in [6.45, 7) is 6.76. The van der Waals surface area contributed by atoms with Crippen LogP contribution in [0.4, 0.5) is 11.8 Å². The Hall–Kier alpha value is -2.82. The van der Waals surface area contributed by atoms with Gasteiger partial charge in [-0.25, -0.2) is 13.4 Å². The highest BCUT2D eigenvalue weighted by atomic mass is 32.2. The molecule has 9 nitrogen and oxygen atoms in total. The van der Waals surface area contributed by atoms with E-state index in [9.17, 15) is 8.42 Å². The number of rotatable bonds is 4. The molecular formula is C22H26N6O3S. The number of pyridine rings is 1. The van der Waals surface area contributed by atoms with Crippen LogP contribution in [-0.2, 0) is 14.8 Å². The van der Waals surface area contributed by atoms with Gasteiger partial charge in [-0.2, -0.15) is 9.29 Å². The van der Waals surface area contributed by atoms with Crippen molar-refractivity contribution < 1.29 is 13.2 Å². The van der Waals surface area contributed by atoms with E-state index in [-0.39, 0.29) is 4.90 Å². The first-order valence-corrected chi connectivity index (χ1v) is 12.2. The number of piperazine rings is 1. The van der Waals surface area contributed by atoms with Crippen LogP contribution in [0.25, 0.3) is 10.9 Å². The summed E-state index contributed by atoms with van der Waals surface area (Å²) in [7, 11) is -3.65. The van der Waals surface area contributed by atoms with E-state index in [0.29, 0.717) is 50.9 Å². The zero-order valence-electron chi connectivity index (χ0n) is 18.0. The van der Waals surface area contributed by atoms with E-state index in [2.05, 4.69) is 19.8 Å². The highest BCUT2D eigenvalue weighted by Gasteiger charge is 2.31. The third-order valence-electron chi connectivity index (χ3n) is 5.90. The lowest BCUT2D eigenvalue weighted by atomic mass is 10.2. The molecule has 0 amide bonds. The molecule has 0 aliphatic carbocycles. The Labute approximate surface area is 187 Å². The van der Waals surface area contributed by atoms with Gasteiger partial charge in [-0.05, 0) is 19.1 Å². The number of hydrogen-bond acceptors (Lipinski definition) is 8. The molecule has 2 saturated heterocycles. The minimum atomic E-state index is -3.65. The summed E-state index contributed by atoms with van der Waals surface area (Å²) < 4.78 is 33.7. The Morgan fingerprint density at radius 1 is 0.906 bits per heavy atom. The molecule has 0 radical (unpaired) electrons. The monoisotopic (exact) mass is 454 g/mol. The van der Waals surface area contributed by atoms with Gasteiger partial charge in [-0.3, -0.25) is 4.98 Å². The van der Waals surface area contributed by atoms with Gasteiger partial charge in [0.2, 0.25) is 16.0 Å². The number of sulfonamides is 1. The number of nitrogens with zero attached hydrogens (tertiary/aromatic N) is 6. The maximum absolute atomic E-state index is 13.4. The molecule has 2 aromatic heterocycles. The molecule has 0 saturated carbocycles. The van der Waals surface area contributed by atoms with Crippen molar-refractivity contribution in [2.24, 2.45) is 0 Å². The van der Waals surface area contributed by atoms with Crippen molar-refractivity contribution in [3.8, 4) is 0 Å². The number of anilines is 2. The van der Waals surface area contributed by atoms with E-state index in [1.165, 1.54) is 4.31 Å². The third-order valence-corrected chi connectivity index (χ3v) is 7.83. The summed E-state index contributed by atoms with van der Waals surface area (Å²) in [5.74, 6) is 1.54. The van der Waals surface area contributed by atoms with Gasteiger partial charge in [-0.15, -0.1) is 0 Å². The largest absolute Gasteiger partial charge is 0.378 e. The summed E-state index contributed by atoms with van der Waals surface area (Å²) in [5.41, 5.74) is 1.41. The molecule has 1 aromatic carbocycles. The molecule has 2 aliphatic rings. The highest BCUT2D eigenvalue weighted by Crippen LogP contribution is 2.26. The topological polar surface area (TPSA) is 91.8 Å². The molecule has 0 N–H and O–H groups in total. The fourth-order valence-corrected chi connectivity index (χ4v) is 5.77. The average molecular weight is 455 g/mol. The Kier molecular flexibility index (Phi) is 5.66. The van der Waals surface area contributed by atoms with Crippen molar-refractivity contribution in [2.75, 3.05) is 62.3 Å². The van der Waals surface area contributed by atoms with Gasteiger partial charge < -0.3 is 14.5 Å². The maximum atomic E-state index is 13.4. The molecule has 168 valence electrons. The molecule has 0 unspecified atom stereocenters. The molecular weight excluding hydrogens is 428 g/mol. The number of hydrogen-bond donors (Lipinski definition) is 0. The summed E-state index contributed by atoms with van der Waals surface area (Å²) in [6.07, 6.45) is 1.63. The number of fused-ring (bicyclic) bond motifs is 1. The van der Waals surface area contributed by atoms with Crippen molar-refractivity contribution in [3.05, 3.63) is 48.3 Å². The van der Waals surface area contributed by atoms with Gasteiger partial charge >= 0.3 is 0 Å². The quantitative estimate of drug-likeness (QED) is 0.588. The number of benzene rings is 1. The maximum Gasteiger partial charge on any atom is 0.245 e. The highest BCUT2D eigenvalue weighted by molar-refractivity contribution is 7.89. The first-order valence-electron chi connectivity index (χ1n) is 10.8. The molecule has 4 heterocycles. The second-order valence-electron chi connectivity index (χ2n) is 7.99. The zero-order valence-corrected chi connectivity index (χ0v) is 18.8. The van der Waals surface area contributed by atoms with Crippen molar-refractivity contribution in [1.82, 2.24) is 19.3 Å². The molecule has 3 aromatic rings. The summed E-state index contributed by atoms with van der Waals surface area (Å²) >= 11 is 0. The zero-order chi connectivity index (χ0) is 22.1. The van der Waals surface area contributed by atoms with Crippen LogP contribution in [-0.4, -0.2) is 80.2 Å². The van der Waals surface area contributed by atoms with E-state index in [4.69, 9.17) is 9.72 Å². The van der Waals surface area contributed by atoms with Gasteiger partial charge in [-0.1, -0.05) is 18.2 Å². The van der Waals surface area contributed by atoms with Crippen LogP contribution in [0.3, 0.4) is 0 Å². The van der Waals surface area contributed by atoms with Crippen molar-refractivity contribution in [1.29, 1.82) is 0 Å². The number of ether oxygens (including phenoxy) is 1. The minimum Gasteiger partial charge on any atom is -0.378 e. The Morgan fingerprint density at radius 2 is 1.66 bits per heavy atom. The van der Waals surface area contributed by atoms with E-state index in [0.717, 1.165) is 30.0 Å². The van der Waals surface area contributed by atoms with Crippen LogP contribution in [0, 0.1) is 6.92 Å². The van der Waals surface area contributed by atoms with Gasteiger partial charge in [0.05, 0.1) is 18.7 Å². The van der Waals surface area contributed by atoms with Crippen LogP contribution in [0.15, 0.2) is 47.5 Å². The fourth-order valence-electron chi connectivity index (χ4n) is 4.18. The molecule has 32 heavy (non-hydrogen) atoms. The predicted octanol–water partition coefficient (Wildman–Crippen LogP) is 1.68. The van der Waals surface area contributed by atoms with Crippen molar-refractivity contribution >= 4 is 32.7 Å². The first kappa shape index (κ1) is 21.0. The Bertz CT molecular complexity index is 1220. The summed E-state index contributed by atoms with van der Waals surface area (Å²) in [6, 6.07) is 10.9. The predicted molar refractivity (Wildman–Crippen MR) is 123 cm³/mol. The van der Waals surface area contributed by atoms with Gasteiger partial charge in [0.15, 0.2) is 0 Å². The number of para-hydroxylation sites is 1. The number of aromatic nitrogens is 3. The standard InChI is InChI=1S/C22H26N6O3S/c1-17-16-20(26-12-14-31-15-13-26)25-22(24-17)27-8-10-28(11-9-27)32(29,30)19-6-2-4-18-5-3-7-23-21(18)19/h2-7,16H,8-15H2,1H3. The number of morpholine rings is 1. The lowest BCUT2D eigenvalue weighted by Crippen LogP contribution is -2.49. The van der Waals surface area contributed by atoms with Crippen molar-refractivity contribution in [2.45, 2.75) is 11.8 Å². The first-order chi connectivity index (χ1) is 15.5. The molecule has 0 spiro atoms. The minimum absolute atomic E-state index is 0.255. The van der Waals surface area contributed by atoms with E-state index in [1.54, 1.807) is 18.3 Å². The average Bonchev–Trinajstić information content (AvgIpc) is 2.84. The summed E-state index contributed by atoms with van der Waals surface area (Å²) in [5, 5.41) is 0.816. The molecule has 5 rings (SSSR count). The molecule has 10 heteroatoms. The molecule has 2 aliphatic heterocycles. The Morgan fingerprint density at radius 3 is 2.44 bits per heavy atom. The van der Waals surface area contributed by atoms with Crippen LogP contribution < -0.4 is 9.80 Å². The SMILES string of the molecule is Cc1cc(N2CCOCC2)nc(N2CCN(S(=O)(=O)c3cccc4cccnc34)CC2)n1. The van der Waals surface area contributed by atoms with Crippen LogP contribution in [0.5, 0.6) is 0 Å². The molecule has 0 bridgehead atoms. The van der Waals surface area contributed by atoms with Crippen LogP contribution >= 0.6 is 0 Å². The smallest absolute Gasteiger partial charge is 0.245 e. The Balaban J connectivity index is 1.34. The molecule has 2 fully saturated rings. The van der Waals surface area contributed by atoms with Crippen molar-refractivity contribution in [3.63, 3.8) is 0 Å². The lowest BCUT2D eigenvalue weighted by Gasteiger charge is -2.35. The third kappa shape index (κ3) is 4.01. The van der Waals surface area contributed by atoms with E-state index in [1.807, 2.05) is 31.2 Å². The van der Waals surface area contributed by atoms with Gasteiger partial charge in [0, 0.05) is 62.6 Å². The number of aryl methyl sites for hydroxylation is 1. The fraction of sp³-hybridized carbons (Fsp3) is 0.409. The van der Waals surface area contributed by atoms with Crippen LogP contribution in [0.1, 0.15) is 5.69 Å². The van der Waals surface area contributed by atoms with Gasteiger partial charge in [0.1, 0.15) is 10.7 Å². The summed E-state index contributed by atoms with van der Waals surface area (Å²) in [4.78, 5) is 18.2. The van der Waals surface area contributed by atoms with Crippen LogP contribution in [0.2, 0.25) is 0 Å². The normalized spacial score (nSPS) is 18.3. The lowest BCUT2D eigenvalue weighted by molar-refractivity contribution is 0.122. The van der Waals surface area contributed by atoms with Gasteiger partial charge in [0.25, 0.3) is 0 Å². The second-order valence-corrected chi connectivity index (χ2v) is 9.90. The van der Waals surface area contributed by atoms with E-state index < -0.39 is 10.0 Å². The molecule has 0 atom stereocenters. The van der Waals surface area contributed by atoms with E-state index >= 15 is 0 Å². The second kappa shape index (κ2) is 8.61.